The first-order valence-corrected chi connectivity index (χ1v) is 14.0. The SMILES string of the molecule is CCCCCC(C)(CCCC)SC(=O)SC(CCCC)(CCCC)CCCC. The lowest BCUT2D eigenvalue weighted by Gasteiger charge is -2.35. The van der Waals surface area contributed by atoms with Gasteiger partial charge in [-0.2, -0.15) is 0 Å². The minimum Gasteiger partial charge on any atom is -0.274 e. The van der Waals surface area contributed by atoms with Gasteiger partial charge in [0.25, 0.3) is 0 Å². The maximum Gasteiger partial charge on any atom is 0.247 e. The number of carbonyl (C=O) groups excluding carboxylic acids is 1. The Morgan fingerprint density at radius 3 is 1.39 bits per heavy atom. The van der Waals surface area contributed by atoms with Crippen LogP contribution < -0.4 is 0 Å². The predicted molar refractivity (Wildman–Crippen MR) is 134 cm³/mol. The molecule has 168 valence electrons. The van der Waals surface area contributed by atoms with Crippen LogP contribution in [0.3, 0.4) is 0 Å². The molecule has 0 aromatic rings. The Morgan fingerprint density at radius 2 is 0.964 bits per heavy atom. The molecule has 0 radical (unpaired) electrons. The molecule has 28 heavy (non-hydrogen) atoms. The zero-order chi connectivity index (χ0) is 21.3. The molecule has 0 aliphatic heterocycles. The smallest absolute Gasteiger partial charge is 0.247 e. The maximum atomic E-state index is 13.3. The van der Waals surface area contributed by atoms with E-state index >= 15 is 0 Å². The number of hydrogen-bond donors (Lipinski definition) is 0. The second-order valence-corrected chi connectivity index (χ2v) is 12.2. The van der Waals surface area contributed by atoms with Crippen LogP contribution in [0.2, 0.25) is 0 Å². The molecular formula is C25H50OS2. The van der Waals surface area contributed by atoms with E-state index in [2.05, 4.69) is 41.5 Å². The van der Waals surface area contributed by atoms with Gasteiger partial charge in [0.05, 0.1) is 0 Å². The molecular weight excluding hydrogens is 380 g/mol. The van der Waals surface area contributed by atoms with Crippen LogP contribution in [-0.4, -0.2) is 13.9 Å². The number of carbonyl (C=O) groups is 1. The van der Waals surface area contributed by atoms with Gasteiger partial charge in [0.1, 0.15) is 0 Å². The molecule has 0 heterocycles. The minimum atomic E-state index is 0.126. The van der Waals surface area contributed by atoms with Crippen LogP contribution in [0.15, 0.2) is 0 Å². The first kappa shape index (κ1) is 28.4. The highest BCUT2D eigenvalue weighted by Crippen LogP contribution is 2.47. The van der Waals surface area contributed by atoms with Crippen molar-refractivity contribution in [3.05, 3.63) is 0 Å². The van der Waals surface area contributed by atoms with Crippen LogP contribution >= 0.6 is 23.5 Å². The molecule has 0 aromatic heterocycles. The van der Waals surface area contributed by atoms with Gasteiger partial charge in [0, 0.05) is 9.49 Å². The second-order valence-electron chi connectivity index (χ2n) is 8.96. The second kappa shape index (κ2) is 17.1. The third kappa shape index (κ3) is 12.8. The van der Waals surface area contributed by atoms with Crippen LogP contribution in [0.1, 0.15) is 144 Å². The third-order valence-corrected chi connectivity index (χ3v) is 8.74. The van der Waals surface area contributed by atoms with Crippen LogP contribution in [-0.2, 0) is 0 Å². The summed E-state index contributed by atoms with van der Waals surface area (Å²) in [6.07, 6.45) is 19.7. The summed E-state index contributed by atoms with van der Waals surface area (Å²) in [5.41, 5.74) is 0. The lowest BCUT2D eigenvalue weighted by molar-refractivity contribution is 0.275. The van der Waals surface area contributed by atoms with Gasteiger partial charge in [-0.05, 0) is 39.0 Å². The van der Waals surface area contributed by atoms with Crippen molar-refractivity contribution in [3.8, 4) is 0 Å². The molecule has 0 fully saturated rings. The minimum absolute atomic E-state index is 0.126. The van der Waals surface area contributed by atoms with Gasteiger partial charge in [0.2, 0.25) is 4.45 Å². The summed E-state index contributed by atoms with van der Waals surface area (Å²) in [5.74, 6) is 0. The highest BCUT2D eigenvalue weighted by Gasteiger charge is 2.35. The lowest BCUT2D eigenvalue weighted by atomic mass is 9.90. The Hall–Kier alpha value is 0.370. The zero-order valence-electron chi connectivity index (χ0n) is 20.0. The topological polar surface area (TPSA) is 17.1 Å². The Morgan fingerprint density at radius 1 is 0.571 bits per heavy atom. The molecule has 0 aliphatic carbocycles. The van der Waals surface area contributed by atoms with Crippen LogP contribution in [0, 0.1) is 0 Å². The first-order valence-electron chi connectivity index (χ1n) is 12.3. The van der Waals surface area contributed by atoms with Crippen LogP contribution in [0.4, 0.5) is 4.79 Å². The van der Waals surface area contributed by atoms with Crippen molar-refractivity contribution in [3.63, 3.8) is 0 Å². The molecule has 3 heteroatoms. The summed E-state index contributed by atoms with van der Waals surface area (Å²) in [4.78, 5) is 13.3. The van der Waals surface area contributed by atoms with Gasteiger partial charge in [-0.1, -0.05) is 129 Å². The van der Waals surface area contributed by atoms with Crippen molar-refractivity contribution in [1.29, 1.82) is 0 Å². The Kier molecular flexibility index (Phi) is 17.3. The molecule has 0 saturated heterocycles. The van der Waals surface area contributed by atoms with E-state index < -0.39 is 0 Å². The highest BCUT2D eigenvalue weighted by molar-refractivity contribution is 8.39. The molecule has 1 nitrogen and oxygen atoms in total. The average Bonchev–Trinajstić information content (AvgIpc) is 2.67. The summed E-state index contributed by atoms with van der Waals surface area (Å²) < 4.78 is 0.709. The summed E-state index contributed by atoms with van der Waals surface area (Å²) in [5, 5.41) is 0. The van der Waals surface area contributed by atoms with E-state index in [1.54, 1.807) is 23.5 Å². The van der Waals surface area contributed by atoms with Crippen molar-refractivity contribution in [2.75, 3.05) is 0 Å². The van der Waals surface area contributed by atoms with Crippen molar-refractivity contribution in [2.24, 2.45) is 0 Å². The normalized spacial score (nSPS) is 14.2. The largest absolute Gasteiger partial charge is 0.274 e. The molecule has 0 saturated carbocycles. The molecule has 1 atom stereocenters. The fourth-order valence-corrected chi connectivity index (χ4v) is 7.24. The third-order valence-electron chi connectivity index (χ3n) is 5.96. The molecule has 0 spiro atoms. The van der Waals surface area contributed by atoms with E-state index in [0.717, 1.165) is 0 Å². The number of hydrogen-bond acceptors (Lipinski definition) is 3. The first-order chi connectivity index (χ1) is 13.4. The van der Waals surface area contributed by atoms with Gasteiger partial charge in [-0.15, -0.1) is 0 Å². The molecule has 0 amide bonds. The molecule has 0 aliphatic rings. The van der Waals surface area contributed by atoms with Crippen LogP contribution in [0.25, 0.3) is 0 Å². The maximum absolute atomic E-state index is 13.3. The average molecular weight is 431 g/mol. The Bertz CT molecular complexity index is 361. The van der Waals surface area contributed by atoms with Gasteiger partial charge in [-0.25, -0.2) is 0 Å². The van der Waals surface area contributed by atoms with Gasteiger partial charge in [-0.3, -0.25) is 4.79 Å². The summed E-state index contributed by atoms with van der Waals surface area (Å²) in [6, 6.07) is 0. The van der Waals surface area contributed by atoms with Crippen molar-refractivity contribution >= 4 is 28.0 Å². The summed E-state index contributed by atoms with van der Waals surface area (Å²) in [7, 11) is 0. The molecule has 0 aromatic carbocycles. The molecule has 0 N–H and O–H groups in total. The Labute approximate surface area is 186 Å². The fourth-order valence-electron chi connectivity index (χ4n) is 3.95. The Balaban J connectivity index is 5.17. The van der Waals surface area contributed by atoms with Crippen molar-refractivity contribution in [2.45, 2.75) is 154 Å². The monoisotopic (exact) mass is 430 g/mol. The van der Waals surface area contributed by atoms with Crippen LogP contribution in [0.5, 0.6) is 0 Å². The lowest BCUT2D eigenvalue weighted by Crippen LogP contribution is -2.28. The van der Waals surface area contributed by atoms with E-state index in [1.165, 1.54) is 103 Å². The van der Waals surface area contributed by atoms with E-state index in [4.69, 9.17) is 0 Å². The number of unbranched alkanes of at least 4 members (excludes halogenated alkanes) is 6. The van der Waals surface area contributed by atoms with Crippen molar-refractivity contribution < 1.29 is 4.79 Å². The standard InChI is InChI=1S/C25H50OS2/c1-7-12-17-19-24(6,18-13-8-2)27-23(26)28-25(20-14-9-3,21-15-10-4)22-16-11-5/h7-22H2,1-6H3. The quantitative estimate of drug-likeness (QED) is 0.201. The molecule has 1 unspecified atom stereocenters. The fraction of sp³-hybridized carbons (Fsp3) is 0.960. The zero-order valence-corrected chi connectivity index (χ0v) is 21.7. The van der Waals surface area contributed by atoms with E-state index in [0.29, 0.717) is 4.45 Å². The van der Waals surface area contributed by atoms with Gasteiger partial charge in [0.15, 0.2) is 0 Å². The van der Waals surface area contributed by atoms with Gasteiger partial charge < -0.3 is 0 Å². The molecule has 0 bridgehead atoms. The van der Waals surface area contributed by atoms with E-state index in [-0.39, 0.29) is 9.49 Å². The molecule has 0 rings (SSSR count). The van der Waals surface area contributed by atoms with Crippen molar-refractivity contribution in [1.82, 2.24) is 0 Å². The van der Waals surface area contributed by atoms with Gasteiger partial charge >= 0.3 is 0 Å². The number of rotatable bonds is 18. The number of thioether (sulfide) groups is 2. The highest BCUT2D eigenvalue weighted by atomic mass is 32.2. The van der Waals surface area contributed by atoms with E-state index in [1.807, 2.05) is 0 Å². The summed E-state index contributed by atoms with van der Waals surface area (Å²) in [6.45, 7) is 13.7. The predicted octanol–water partition coefficient (Wildman–Crippen LogP) is 10.4. The van der Waals surface area contributed by atoms with E-state index in [9.17, 15) is 4.79 Å². The summed E-state index contributed by atoms with van der Waals surface area (Å²) >= 11 is 3.42.